The van der Waals surface area contributed by atoms with Crippen LogP contribution in [0.3, 0.4) is 0 Å². The largest absolute Gasteiger partial charge is 0.454 e. The number of para-hydroxylation sites is 1. The van der Waals surface area contributed by atoms with Gasteiger partial charge in [-0.05, 0) is 42.7 Å². The fourth-order valence-electron chi connectivity index (χ4n) is 3.09. The van der Waals surface area contributed by atoms with Gasteiger partial charge in [0.25, 0.3) is 10.0 Å². The molecule has 1 aliphatic heterocycles. The van der Waals surface area contributed by atoms with Gasteiger partial charge in [0.1, 0.15) is 0 Å². The number of ketones is 1. The van der Waals surface area contributed by atoms with Gasteiger partial charge < -0.3 is 4.74 Å². The highest BCUT2D eigenvalue weighted by Gasteiger charge is 2.29. The molecule has 29 heavy (non-hydrogen) atoms. The Hall–Kier alpha value is -2.67. The maximum Gasteiger partial charge on any atom is 0.338 e. The molecule has 0 N–H and O–H groups in total. The first-order valence-corrected chi connectivity index (χ1v) is 11.0. The number of carbonyl (C=O) groups excluding carboxylic acids is 2. The number of carbonyl (C=O) groups is 2. The molecule has 0 saturated carbocycles. The van der Waals surface area contributed by atoms with Crippen LogP contribution in [0.2, 0.25) is 0 Å². The van der Waals surface area contributed by atoms with E-state index < -0.39 is 21.4 Å². The summed E-state index contributed by atoms with van der Waals surface area (Å²) in [7, 11) is -3.83. The number of nitrogens with zero attached hydrogens (tertiary/aromatic N) is 1. The minimum Gasteiger partial charge on any atom is -0.454 e. The molecule has 7 heteroatoms. The van der Waals surface area contributed by atoms with E-state index in [2.05, 4.69) is 0 Å². The third-order valence-corrected chi connectivity index (χ3v) is 6.71. The fraction of sp³-hybridized carbons (Fsp3) is 0.364. The zero-order valence-electron chi connectivity index (χ0n) is 16.8. The molecule has 0 saturated heterocycles. The smallest absolute Gasteiger partial charge is 0.338 e. The van der Waals surface area contributed by atoms with Crippen LogP contribution in [0.5, 0.6) is 0 Å². The minimum atomic E-state index is -3.83. The van der Waals surface area contributed by atoms with Crippen molar-refractivity contribution in [2.75, 3.05) is 17.5 Å². The average molecular weight is 416 g/mol. The van der Waals surface area contributed by atoms with Crippen molar-refractivity contribution in [1.82, 2.24) is 0 Å². The van der Waals surface area contributed by atoms with Crippen LogP contribution in [-0.4, -0.2) is 33.3 Å². The summed E-state index contributed by atoms with van der Waals surface area (Å²) in [6, 6.07) is 13.2. The Bertz CT molecular complexity index is 1040. The van der Waals surface area contributed by atoms with Gasteiger partial charge in [-0.2, -0.15) is 0 Å². The molecule has 0 radical (unpaired) electrons. The van der Waals surface area contributed by atoms with Crippen molar-refractivity contribution in [2.45, 2.75) is 38.5 Å². The van der Waals surface area contributed by atoms with Crippen molar-refractivity contribution in [3.05, 3.63) is 59.7 Å². The molecular weight excluding hydrogens is 390 g/mol. The van der Waals surface area contributed by atoms with Crippen LogP contribution in [0.15, 0.2) is 53.4 Å². The third-order valence-electron chi connectivity index (χ3n) is 4.90. The normalized spacial score (nSPS) is 14.2. The highest BCUT2D eigenvalue weighted by atomic mass is 32.2. The Morgan fingerprint density at radius 1 is 1.07 bits per heavy atom. The maximum absolute atomic E-state index is 13.2. The predicted molar refractivity (Wildman–Crippen MR) is 110 cm³/mol. The number of fused-ring (bicyclic) bond motifs is 1. The number of rotatable bonds is 5. The summed E-state index contributed by atoms with van der Waals surface area (Å²) in [5, 5.41) is 0. The van der Waals surface area contributed by atoms with Crippen LogP contribution in [0.4, 0.5) is 5.69 Å². The van der Waals surface area contributed by atoms with E-state index in [1.54, 1.807) is 26.8 Å². The molecule has 0 fully saturated rings. The Morgan fingerprint density at radius 3 is 2.52 bits per heavy atom. The van der Waals surface area contributed by atoms with E-state index in [1.165, 1.54) is 28.6 Å². The predicted octanol–water partition coefficient (Wildman–Crippen LogP) is 3.60. The molecule has 1 heterocycles. The van der Waals surface area contributed by atoms with Crippen molar-refractivity contribution in [1.29, 1.82) is 0 Å². The molecule has 0 spiro atoms. The summed E-state index contributed by atoms with van der Waals surface area (Å²) >= 11 is 0. The second-order valence-electron chi connectivity index (χ2n) is 8.09. The van der Waals surface area contributed by atoms with Crippen LogP contribution in [0, 0.1) is 5.41 Å². The van der Waals surface area contributed by atoms with Crippen LogP contribution in [0.1, 0.15) is 43.1 Å². The lowest BCUT2D eigenvalue weighted by Crippen LogP contribution is -2.35. The van der Waals surface area contributed by atoms with Gasteiger partial charge in [-0.1, -0.05) is 45.0 Å². The number of anilines is 1. The molecule has 0 aliphatic carbocycles. The van der Waals surface area contributed by atoms with Gasteiger partial charge in [0, 0.05) is 12.0 Å². The molecule has 2 aromatic rings. The quantitative estimate of drug-likeness (QED) is 0.697. The molecule has 0 bridgehead atoms. The van der Waals surface area contributed by atoms with E-state index in [0.717, 1.165) is 18.4 Å². The summed E-state index contributed by atoms with van der Waals surface area (Å²) in [5.74, 6) is -0.932. The third kappa shape index (κ3) is 4.50. The Morgan fingerprint density at radius 2 is 1.79 bits per heavy atom. The van der Waals surface area contributed by atoms with Crippen LogP contribution in [0.25, 0.3) is 0 Å². The van der Waals surface area contributed by atoms with Crippen LogP contribution >= 0.6 is 0 Å². The van der Waals surface area contributed by atoms with Crippen LogP contribution in [-0.2, 0) is 26.0 Å². The van der Waals surface area contributed by atoms with E-state index >= 15 is 0 Å². The molecule has 154 valence electrons. The number of ether oxygens (including phenoxy) is 1. The van der Waals surface area contributed by atoms with Gasteiger partial charge in [-0.25, -0.2) is 13.2 Å². The molecule has 1 aliphatic rings. The summed E-state index contributed by atoms with van der Waals surface area (Å²) in [6.45, 7) is 5.26. The molecule has 3 rings (SSSR count). The molecule has 6 nitrogen and oxygen atoms in total. The number of hydrogen-bond acceptors (Lipinski definition) is 5. The molecule has 2 aromatic carbocycles. The first kappa shape index (κ1) is 21.0. The van der Waals surface area contributed by atoms with E-state index in [9.17, 15) is 18.0 Å². The molecule has 0 atom stereocenters. The first-order chi connectivity index (χ1) is 13.6. The van der Waals surface area contributed by atoms with E-state index in [-0.39, 0.29) is 22.8 Å². The molecule has 0 amide bonds. The number of esters is 1. The SMILES string of the molecule is CC(C)(C)C(=O)COC(=O)c1cccc(S(=O)(=O)N2CCCc3ccccc32)c1. The highest BCUT2D eigenvalue weighted by molar-refractivity contribution is 7.92. The Balaban J connectivity index is 1.84. The molecule has 0 unspecified atom stereocenters. The lowest BCUT2D eigenvalue weighted by atomic mass is 9.91. The first-order valence-electron chi connectivity index (χ1n) is 9.52. The van der Waals surface area contributed by atoms with Gasteiger partial charge in [-0.3, -0.25) is 9.10 Å². The molecular formula is C22H25NO5S. The van der Waals surface area contributed by atoms with Gasteiger partial charge in [0.2, 0.25) is 0 Å². The van der Waals surface area contributed by atoms with E-state index in [0.29, 0.717) is 12.2 Å². The summed E-state index contributed by atoms with van der Waals surface area (Å²) in [4.78, 5) is 24.3. The highest BCUT2D eigenvalue weighted by Crippen LogP contribution is 2.32. The van der Waals surface area contributed by atoms with Gasteiger partial charge in [-0.15, -0.1) is 0 Å². The topological polar surface area (TPSA) is 80.8 Å². The number of hydrogen-bond donors (Lipinski definition) is 0. The minimum absolute atomic E-state index is 0.0193. The zero-order valence-corrected chi connectivity index (χ0v) is 17.7. The number of Topliss-reactive ketones (excluding diaryl/α,β-unsaturated/α-hetero) is 1. The van der Waals surface area contributed by atoms with E-state index in [4.69, 9.17) is 4.74 Å². The standard InChI is InChI=1S/C22H25NO5S/c1-22(2,3)20(24)15-28-21(25)17-9-6-11-18(14-17)29(26,27)23-13-7-10-16-8-4-5-12-19(16)23/h4-6,8-9,11-12,14H,7,10,13,15H2,1-3H3. The van der Waals surface area contributed by atoms with Crippen molar-refractivity contribution < 1.29 is 22.7 Å². The monoisotopic (exact) mass is 415 g/mol. The Labute approximate surface area is 171 Å². The van der Waals surface area contributed by atoms with Crippen molar-refractivity contribution in [3.63, 3.8) is 0 Å². The second kappa shape index (κ2) is 7.99. The lowest BCUT2D eigenvalue weighted by molar-refractivity contribution is -0.129. The second-order valence-corrected chi connectivity index (χ2v) is 9.95. The van der Waals surface area contributed by atoms with Crippen molar-refractivity contribution >= 4 is 27.5 Å². The van der Waals surface area contributed by atoms with Crippen molar-refractivity contribution in [3.8, 4) is 0 Å². The zero-order chi connectivity index (χ0) is 21.2. The van der Waals surface area contributed by atoms with Crippen LogP contribution < -0.4 is 4.31 Å². The van der Waals surface area contributed by atoms with Gasteiger partial charge >= 0.3 is 5.97 Å². The average Bonchev–Trinajstić information content (AvgIpc) is 2.70. The van der Waals surface area contributed by atoms with Crippen molar-refractivity contribution in [2.24, 2.45) is 5.41 Å². The number of sulfonamides is 1. The summed E-state index contributed by atoms with van der Waals surface area (Å²) in [6.07, 6.45) is 1.56. The van der Waals surface area contributed by atoms with Gasteiger partial charge in [0.05, 0.1) is 16.1 Å². The number of benzene rings is 2. The number of aryl methyl sites for hydroxylation is 1. The lowest BCUT2D eigenvalue weighted by Gasteiger charge is -2.30. The molecule has 0 aromatic heterocycles. The van der Waals surface area contributed by atoms with Gasteiger partial charge in [0.15, 0.2) is 12.4 Å². The fourth-order valence-corrected chi connectivity index (χ4v) is 4.68. The summed E-state index contributed by atoms with van der Waals surface area (Å²) < 4.78 is 33.0. The maximum atomic E-state index is 13.2. The Kier molecular flexibility index (Phi) is 5.80. The van der Waals surface area contributed by atoms with E-state index in [1.807, 2.05) is 18.2 Å². The summed E-state index contributed by atoms with van der Waals surface area (Å²) in [5.41, 5.74) is 1.13.